The molecule has 0 aromatic heterocycles. The van der Waals surface area contributed by atoms with Crippen molar-refractivity contribution in [1.82, 2.24) is 4.90 Å². The van der Waals surface area contributed by atoms with E-state index in [1.807, 2.05) is 0 Å². The standard InChI is InChI=1S/C17H28N2O/c1-5-10-19-11-8-15(9-12-19)18-16-7-6-13(2)17(20-4)14(16)3/h6-7,15,18H,5,8-12H2,1-4H3. The molecule has 3 heteroatoms. The number of nitrogens with zero attached hydrogens (tertiary/aromatic N) is 1. The number of hydrogen-bond acceptors (Lipinski definition) is 3. The van der Waals surface area contributed by atoms with E-state index in [2.05, 4.69) is 43.1 Å². The second-order valence-corrected chi connectivity index (χ2v) is 5.85. The van der Waals surface area contributed by atoms with Crippen LogP contribution in [0.3, 0.4) is 0 Å². The average molecular weight is 276 g/mol. The van der Waals surface area contributed by atoms with E-state index in [-0.39, 0.29) is 0 Å². The summed E-state index contributed by atoms with van der Waals surface area (Å²) in [6.07, 6.45) is 3.72. The van der Waals surface area contributed by atoms with Gasteiger partial charge in [0.1, 0.15) is 5.75 Å². The van der Waals surface area contributed by atoms with Gasteiger partial charge in [-0.1, -0.05) is 13.0 Å². The molecule has 0 unspecified atom stereocenters. The van der Waals surface area contributed by atoms with Crippen LogP contribution in [-0.2, 0) is 0 Å². The van der Waals surface area contributed by atoms with Crippen LogP contribution < -0.4 is 10.1 Å². The highest BCUT2D eigenvalue weighted by atomic mass is 16.5. The summed E-state index contributed by atoms with van der Waals surface area (Å²) in [4.78, 5) is 2.57. The SMILES string of the molecule is CCCN1CCC(Nc2ccc(C)c(OC)c2C)CC1. The largest absolute Gasteiger partial charge is 0.496 e. The second-order valence-electron chi connectivity index (χ2n) is 5.85. The molecule has 1 saturated heterocycles. The molecule has 0 atom stereocenters. The number of ether oxygens (including phenoxy) is 1. The van der Waals surface area contributed by atoms with Gasteiger partial charge in [0.2, 0.25) is 0 Å². The third kappa shape index (κ3) is 3.45. The van der Waals surface area contributed by atoms with Gasteiger partial charge < -0.3 is 15.0 Å². The third-order valence-electron chi connectivity index (χ3n) is 4.29. The molecule has 1 N–H and O–H groups in total. The van der Waals surface area contributed by atoms with E-state index in [0.717, 1.165) is 5.75 Å². The summed E-state index contributed by atoms with van der Waals surface area (Å²) in [7, 11) is 1.75. The molecule has 1 aliphatic heterocycles. The number of methoxy groups -OCH3 is 1. The van der Waals surface area contributed by atoms with Crippen molar-refractivity contribution < 1.29 is 4.74 Å². The smallest absolute Gasteiger partial charge is 0.126 e. The Kier molecular flexibility index (Phi) is 5.30. The quantitative estimate of drug-likeness (QED) is 0.889. The van der Waals surface area contributed by atoms with E-state index in [0.29, 0.717) is 6.04 Å². The first-order chi connectivity index (χ1) is 9.65. The van der Waals surface area contributed by atoms with Crippen LogP contribution in [-0.4, -0.2) is 37.7 Å². The maximum absolute atomic E-state index is 5.51. The molecule has 20 heavy (non-hydrogen) atoms. The zero-order valence-corrected chi connectivity index (χ0v) is 13.3. The maximum Gasteiger partial charge on any atom is 0.126 e. The van der Waals surface area contributed by atoms with E-state index in [1.54, 1.807) is 7.11 Å². The highest BCUT2D eigenvalue weighted by Gasteiger charge is 2.19. The Morgan fingerprint density at radius 1 is 1.25 bits per heavy atom. The van der Waals surface area contributed by atoms with Crippen molar-refractivity contribution in [2.24, 2.45) is 0 Å². The first-order valence-corrected chi connectivity index (χ1v) is 7.78. The van der Waals surface area contributed by atoms with Crippen LogP contribution >= 0.6 is 0 Å². The Labute approximate surface area is 123 Å². The predicted octanol–water partition coefficient (Wildman–Crippen LogP) is 3.60. The van der Waals surface area contributed by atoms with Gasteiger partial charge in [0.15, 0.2) is 0 Å². The van der Waals surface area contributed by atoms with Gasteiger partial charge in [-0.05, 0) is 51.3 Å². The maximum atomic E-state index is 5.51. The summed E-state index contributed by atoms with van der Waals surface area (Å²) in [5.41, 5.74) is 3.65. The second kappa shape index (κ2) is 6.98. The fourth-order valence-corrected chi connectivity index (χ4v) is 3.13. The molecule has 0 amide bonds. The normalized spacial score (nSPS) is 17.2. The highest BCUT2D eigenvalue weighted by molar-refractivity contribution is 5.60. The summed E-state index contributed by atoms with van der Waals surface area (Å²) < 4.78 is 5.51. The highest BCUT2D eigenvalue weighted by Crippen LogP contribution is 2.30. The molecule has 0 spiro atoms. The molecular weight excluding hydrogens is 248 g/mol. The number of hydrogen-bond donors (Lipinski definition) is 1. The number of aryl methyl sites for hydroxylation is 1. The minimum absolute atomic E-state index is 0.592. The number of likely N-dealkylation sites (tertiary alicyclic amines) is 1. The van der Waals surface area contributed by atoms with E-state index < -0.39 is 0 Å². The fraction of sp³-hybridized carbons (Fsp3) is 0.647. The molecule has 1 aromatic rings. The van der Waals surface area contributed by atoms with Crippen LogP contribution in [0, 0.1) is 13.8 Å². The topological polar surface area (TPSA) is 24.5 Å². The van der Waals surface area contributed by atoms with Crippen LogP contribution in [0.15, 0.2) is 12.1 Å². The molecule has 0 aliphatic carbocycles. The van der Waals surface area contributed by atoms with Crippen molar-refractivity contribution >= 4 is 5.69 Å². The average Bonchev–Trinajstić information content (AvgIpc) is 2.45. The molecular formula is C17H28N2O. The Balaban J connectivity index is 1.98. The van der Waals surface area contributed by atoms with Crippen LogP contribution in [0.5, 0.6) is 5.75 Å². The van der Waals surface area contributed by atoms with Gasteiger partial charge in [0.05, 0.1) is 7.11 Å². The van der Waals surface area contributed by atoms with Crippen molar-refractivity contribution in [3.8, 4) is 5.75 Å². The first kappa shape index (κ1) is 15.2. The predicted molar refractivity (Wildman–Crippen MR) is 85.8 cm³/mol. The molecule has 1 aromatic carbocycles. The van der Waals surface area contributed by atoms with Crippen molar-refractivity contribution in [3.05, 3.63) is 23.3 Å². The van der Waals surface area contributed by atoms with Crippen molar-refractivity contribution in [1.29, 1.82) is 0 Å². The first-order valence-electron chi connectivity index (χ1n) is 7.78. The molecule has 3 nitrogen and oxygen atoms in total. The molecule has 0 radical (unpaired) electrons. The zero-order chi connectivity index (χ0) is 14.5. The molecule has 1 heterocycles. The minimum Gasteiger partial charge on any atom is -0.496 e. The van der Waals surface area contributed by atoms with Gasteiger partial charge in [-0.25, -0.2) is 0 Å². The van der Waals surface area contributed by atoms with Crippen LogP contribution in [0.1, 0.15) is 37.3 Å². The molecule has 0 bridgehead atoms. The van der Waals surface area contributed by atoms with E-state index in [9.17, 15) is 0 Å². The summed E-state index contributed by atoms with van der Waals surface area (Å²) in [5, 5.41) is 3.71. The van der Waals surface area contributed by atoms with Crippen molar-refractivity contribution in [2.45, 2.75) is 46.1 Å². The van der Waals surface area contributed by atoms with Crippen LogP contribution in [0.4, 0.5) is 5.69 Å². The van der Waals surface area contributed by atoms with Crippen molar-refractivity contribution in [3.63, 3.8) is 0 Å². The Bertz CT molecular complexity index is 437. The fourth-order valence-electron chi connectivity index (χ4n) is 3.13. The molecule has 1 fully saturated rings. The van der Waals surface area contributed by atoms with Gasteiger partial charge in [-0.2, -0.15) is 0 Å². The van der Waals surface area contributed by atoms with E-state index in [1.165, 1.54) is 55.7 Å². The number of anilines is 1. The zero-order valence-electron chi connectivity index (χ0n) is 13.3. The Morgan fingerprint density at radius 3 is 2.55 bits per heavy atom. The number of piperidine rings is 1. The van der Waals surface area contributed by atoms with Gasteiger partial charge in [0, 0.05) is 30.4 Å². The lowest BCUT2D eigenvalue weighted by Gasteiger charge is -2.33. The van der Waals surface area contributed by atoms with E-state index >= 15 is 0 Å². The number of rotatable bonds is 5. The van der Waals surface area contributed by atoms with Gasteiger partial charge in [-0.15, -0.1) is 0 Å². The van der Waals surface area contributed by atoms with Crippen molar-refractivity contribution in [2.75, 3.05) is 32.1 Å². The Hall–Kier alpha value is -1.22. The summed E-state index contributed by atoms with van der Waals surface area (Å²) in [6.45, 7) is 10.2. The van der Waals surface area contributed by atoms with E-state index in [4.69, 9.17) is 4.74 Å². The number of benzene rings is 1. The lowest BCUT2D eigenvalue weighted by Crippen LogP contribution is -2.39. The van der Waals surface area contributed by atoms with Gasteiger partial charge in [0.25, 0.3) is 0 Å². The lowest BCUT2D eigenvalue weighted by molar-refractivity contribution is 0.219. The summed E-state index contributed by atoms with van der Waals surface area (Å²) >= 11 is 0. The summed E-state index contributed by atoms with van der Waals surface area (Å²) in [5.74, 6) is 1.01. The lowest BCUT2D eigenvalue weighted by atomic mass is 10.0. The molecule has 0 saturated carbocycles. The monoisotopic (exact) mass is 276 g/mol. The molecule has 1 aliphatic rings. The molecule has 112 valence electrons. The van der Waals surface area contributed by atoms with Crippen LogP contribution in [0.2, 0.25) is 0 Å². The Morgan fingerprint density at radius 2 is 1.95 bits per heavy atom. The van der Waals surface area contributed by atoms with Gasteiger partial charge >= 0.3 is 0 Å². The number of nitrogens with one attached hydrogen (secondary N) is 1. The minimum atomic E-state index is 0.592. The van der Waals surface area contributed by atoms with Crippen LogP contribution in [0.25, 0.3) is 0 Å². The molecule has 2 rings (SSSR count). The van der Waals surface area contributed by atoms with Gasteiger partial charge in [-0.3, -0.25) is 0 Å². The summed E-state index contributed by atoms with van der Waals surface area (Å²) in [6, 6.07) is 4.92. The third-order valence-corrected chi connectivity index (χ3v) is 4.29.